The maximum absolute atomic E-state index is 13.0. The summed E-state index contributed by atoms with van der Waals surface area (Å²) in [6, 6.07) is 25.2. The van der Waals surface area contributed by atoms with E-state index in [-0.39, 0.29) is 23.6 Å². The Hall–Kier alpha value is -4.45. The SMILES string of the molecule is O=C(Nc1ccccc1-c1ccccc1)c1ccc2c(c1)C(=O)N(Cc1ccco1)C2=O. The molecule has 0 saturated carbocycles. The van der Waals surface area contributed by atoms with E-state index in [2.05, 4.69) is 5.32 Å². The van der Waals surface area contributed by atoms with E-state index in [1.807, 2.05) is 54.6 Å². The standard InChI is InChI=1S/C26H18N2O4/c29-24(27-23-11-5-4-10-20(23)17-7-2-1-3-8-17)18-12-13-21-22(15-18)26(31)28(25(21)30)16-19-9-6-14-32-19/h1-15H,16H2,(H,27,29). The first-order valence-corrected chi connectivity index (χ1v) is 10.1. The van der Waals surface area contributed by atoms with E-state index in [1.165, 1.54) is 18.4 Å². The molecule has 156 valence electrons. The number of amides is 3. The first-order chi connectivity index (χ1) is 15.6. The van der Waals surface area contributed by atoms with Gasteiger partial charge in [0.1, 0.15) is 5.76 Å². The second-order valence-corrected chi connectivity index (χ2v) is 7.40. The Morgan fingerprint density at radius 1 is 0.781 bits per heavy atom. The van der Waals surface area contributed by atoms with E-state index in [0.717, 1.165) is 16.0 Å². The van der Waals surface area contributed by atoms with Crippen LogP contribution in [-0.4, -0.2) is 22.6 Å². The number of rotatable bonds is 5. The van der Waals surface area contributed by atoms with E-state index < -0.39 is 11.8 Å². The minimum atomic E-state index is -0.444. The number of hydrogen-bond acceptors (Lipinski definition) is 4. The summed E-state index contributed by atoms with van der Waals surface area (Å²) in [4.78, 5) is 39.6. The fourth-order valence-corrected chi connectivity index (χ4v) is 3.79. The van der Waals surface area contributed by atoms with Gasteiger partial charge in [0, 0.05) is 16.8 Å². The summed E-state index contributed by atoms with van der Waals surface area (Å²) >= 11 is 0. The van der Waals surface area contributed by atoms with Crippen LogP contribution in [-0.2, 0) is 6.54 Å². The number of fused-ring (bicyclic) bond motifs is 1. The minimum Gasteiger partial charge on any atom is -0.467 e. The quantitative estimate of drug-likeness (QED) is 0.459. The molecule has 6 heteroatoms. The molecule has 0 fully saturated rings. The maximum atomic E-state index is 13.0. The Morgan fingerprint density at radius 3 is 2.31 bits per heavy atom. The Bertz CT molecular complexity index is 1330. The van der Waals surface area contributed by atoms with Gasteiger partial charge in [0.25, 0.3) is 17.7 Å². The minimum absolute atomic E-state index is 0.0470. The molecule has 0 aliphatic carbocycles. The Balaban J connectivity index is 1.41. The summed E-state index contributed by atoms with van der Waals surface area (Å²) in [5.41, 5.74) is 3.32. The average molecular weight is 422 g/mol. The van der Waals surface area contributed by atoms with Crippen molar-refractivity contribution in [1.29, 1.82) is 0 Å². The van der Waals surface area contributed by atoms with Crippen molar-refractivity contribution in [3.05, 3.63) is 114 Å². The topological polar surface area (TPSA) is 79.6 Å². The van der Waals surface area contributed by atoms with Crippen molar-refractivity contribution in [2.75, 3.05) is 5.32 Å². The fraction of sp³-hybridized carbons (Fsp3) is 0.0385. The predicted molar refractivity (Wildman–Crippen MR) is 119 cm³/mol. The van der Waals surface area contributed by atoms with Crippen LogP contribution < -0.4 is 5.32 Å². The van der Waals surface area contributed by atoms with Crippen LogP contribution >= 0.6 is 0 Å². The lowest BCUT2D eigenvalue weighted by atomic mass is 10.0. The smallest absolute Gasteiger partial charge is 0.261 e. The number of para-hydroxylation sites is 1. The van der Waals surface area contributed by atoms with E-state index in [0.29, 0.717) is 17.0 Å². The number of furan rings is 1. The van der Waals surface area contributed by atoms with E-state index in [1.54, 1.807) is 18.2 Å². The van der Waals surface area contributed by atoms with Gasteiger partial charge < -0.3 is 9.73 Å². The van der Waals surface area contributed by atoms with Crippen LogP contribution in [0.1, 0.15) is 36.8 Å². The highest BCUT2D eigenvalue weighted by atomic mass is 16.3. The van der Waals surface area contributed by atoms with Crippen LogP contribution in [0.5, 0.6) is 0 Å². The van der Waals surface area contributed by atoms with Gasteiger partial charge in [0.05, 0.1) is 23.9 Å². The highest BCUT2D eigenvalue weighted by molar-refractivity contribution is 6.22. The van der Waals surface area contributed by atoms with Gasteiger partial charge in [0.2, 0.25) is 0 Å². The van der Waals surface area contributed by atoms with Gasteiger partial charge in [-0.1, -0.05) is 48.5 Å². The summed E-state index contributed by atoms with van der Waals surface area (Å²) in [7, 11) is 0. The van der Waals surface area contributed by atoms with E-state index in [9.17, 15) is 14.4 Å². The Kier molecular flexibility index (Phi) is 4.88. The van der Waals surface area contributed by atoms with Gasteiger partial charge in [-0.05, 0) is 42.0 Å². The summed E-state index contributed by atoms with van der Waals surface area (Å²) in [5, 5.41) is 2.93. The molecule has 0 saturated heterocycles. The van der Waals surface area contributed by atoms with Crippen molar-refractivity contribution in [3.8, 4) is 11.1 Å². The van der Waals surface area contributed by atoms with Gasteiger partial charge in [0.15, 0.2) is 0 Å². The van der Waals surface area contributed by atoms with E-state index in [4.69, 9.17) is 4.42 Å². The maximum Gasteiger partial charge on any atom is 0.261 e. The van der Waals surface area contributed by atoms with Crippen LogP contribution in [0.2, 0.25) is 0 Å². The molecule has 1 aliphatic rings. The summed E-state index contributed by atoms with van der Waals surface area (Å²) in [6.45, 7) is 0.0470. The van der Waals surface area contributed by atoms with Crippen LogP contribution in [0.4, 0.5) is 5.69 Å². The predicted octanol–water partition coefficient (Wildman–Crippen LogP) is 5.00. The third-order valence-electron chi connectivity index (χ3n) is 5.39. The molecule has 0 radical (unpaired) electrons. The number of nitrogens with one attached hydrogen (secondary N) is 1. The molecule has 0 unspecified atom stereocenters. The van der Waals surface area contributed by atoms with Crippen LogP contribution in [0, 0.1) is 0 Å². The average Bonchev–Trinajstić information content (AvgIpc) is 3.43. The molecule has 4 aromatic rings. The Morgan fingerprint density at radius 2 is 1.53 bits per heavy atom. The number of nitrogens with zero attached hydrogens (tertiary/aromatic N) is 1. The van der Waals surface area contributed by atoms with E-state index >= 15 is 0 Å². The molecular formula is C26H18N2O4. The molecule has 1 N–H and O–H groups in total. The molecule has 0 bridgehead atoms. The molecule has 6 nitrogen and oxygen atoms in total. The van der Waals surface area contributed by atoms with Crippen molar-refractivity contribution in [2.24, 2.45) is 0 Å². The van der Waals surface area contributed by atoms with Crippen LogP contribution in [0.15, 0.2) is 95.6 Å². The molecule has 1 aromatic heterocycles. The highest BCUT2D eigenvalue weighted by Gasteiger charge is 2.36. The second-order valence-electron chi connectivity index (χ2n) is 7.40. The molecule has 0 spiro atoms. The van der Waals surface area contributed by atoms with Crippen molar-refractivity contribution >= 4 is 23.4 Å². The molecule has 1 aliphatic heterocycles. The first kappa shape index (κ1) is 19.5. The fourth-order valence-electron chi connectivity index (χ4n) is 3.79. The molecule has 3 amide bonds. The van der Waals surface area contributed by atoms with Gasteiger partial charge in [-0.25, -0.2) is 0 Å². The number of benzene rings is 3. The lowest BCUT2D eigenvalue weighted by Gasteiger charge is -2.12. The zero-order chi connectivity index (χ0) is 22.1. The number of carbonyl (C=O) groups is 3. The Labute approximate surface area is 184 Å². The molecule has 32 heavy (non-hydrogen) atoms. The van der Waals surface area contributed by atoms with Crippen molar-refractivity contribution in [1.82, 2.24) is 4.90 Å². The lowest BCUT2D eigenvalue weighted by molar-refractivity contribution is 0.0631. The molecule has 2 heterocycles. The highest BCUT2D eigenvalue weighted by Crippen LogP contribution is 2.29. The van der Waals surface area contributed by atoms with Crippen LogP contribution in [0.25, 0.3) is 11.1 Å². The number of carbonyl (C=O) groups excluding carboxylic acids is 3. The van der Waals surface area contributed by atoms with Gasteiger partial charge in [-0.3, -0.25) is 19.3 Å². The number of imide groups is 1. The first-order valence-electron chi connectivity index (χ1n) is 10.1. The molecule has 0 atom stereocenters. The third kappa shape index (κ3) is 3.48. The lowest BCUT2D eigenvalue weighted by Crippen LogP contribution is -2.28. The van der Waals surface area contributed by atoms with Gasteiger partial charge in [-0.15, -0.1) is 0 Å². The summed E-state index contributed by atoms with van der Waals surface area (Å²) in [5.74, 6) is -0.695. The molecule has 5 rings (SSSR count). The summed E-state index contributed by atoms with van der Waals surface area (Å²) < 4.78 is 5.26. The van der Waals surface area contributed by atoms with Crippen molar-refractivity contribution in [2.45, 2.75) is 6.54 Å². The third-order valence-corrected chi connectivity index (χ3v) is 5.39. The largest absolute Gasteiger partial charge is 0.467 e. The molecular weight excluding hydrogens is 404 g/mol. The zero-order valence-corrected chi connectivity index (χ0v) is 16.9. The molecule has 3 aromatic carbocycles. The van der Waals surface area contributed by atoms with Crippen molar-refractivity contribution in [3.63, 3.8) is 0 Å². The number of hydrogen-bond donors (Lipinski definition) is 1. The zero-order valence-electron chi connectivity index (χ0n) is 16.9. The van der Waals surface area contributed by atoms with Gasteiger partial charge >= 0.3 is 0 Å². The second kappa shape index (κ2) is 8.00. The summed E-state index contributed by atoms with van der Waals surface area (Å²) in [6.07, 6.45) is 1.49. The normalized spacial score (nSPS) is 12.7. The van der Waals surface area contributed by atoms with Gasteiger partial charge in [-0.2, -0.15) is 0 Å². The van der Waals surface area contributed by atoms with Crippen LogP contribution in [0.3, 0.4) is 0 Å². The van der Waals surface area contributed by atoms with Crippen molar-refractivity contribution < 1.29 is 18.8 Å². The monoisotopic (exact) mass is 422 g/mol. The number of anilines is 1.